The summed E-state index contributed by atoms with van der Waals surface area (Å²) < 4.78 is 1.94. The molecule has 0 atom stereocenters. The number of halogens is 2. The van der Waals surface area contributed by atoms with Gasteiger partial charge in [0.05, 0.1) is 12.4 Å². The molecule has 0 aliphatic carbocycles. The van der Waals surface area contributed by atoms with E-state index < -0.39 is 0 Å². The number of thiazole rings is 3. The molecule has 0 bridgehead atoms. The minimum absolute atomic E-state index is 0.837. The zero-order chi connectivity index (χ0) is 23.8. The Morgan fingerprint density at radius 1 is 0.429 bits per heavy atom. The fraction of sp³-hybridized carbons (Fsp3) is 0. The highest BCUT2D eigenvalue weighted by Crippen LogP contribution is 2.48. The van der Waals surface area contributed by atoms with Crippen molar-refractivity contribution < 1.29 is 0 Å². The van der Waals surface area contributed by atoms with Crippen molar-refractivity contribution in [3.05, 3.63) is 98.6 Å². The second kappa shape index (κ2) is 9.87. The Morgan fingerprint density at radius 2 is 0.800 bits per heavy atom. The summed E-state index contributed by atoms with van der Waals surface area (Å²) in [7, 11) is 0. The van der Waals surface area contributed by atoms with E-state index in [4.69, 9.17) is 15.0 Å². The molecule has 170 valence electrons. The summed E-state index contributed by atoms with van der Waals surface area (Å²) in [6.07, 6.45) is 0. The van der Waals surface area contributed by atoms with E-state index in [-0.39, 0.29) is 0 Å². The van der Waals surface area contributed by atoms with Crippen molar-refractivity contribution in [2.24, 2.45) is 0 Å². The van der Waals surface area contributed by atoms with Crippen LogP contribution in [0.5, 0.6) is 0 Å². The minimum atomic E-state index is 0.837. The molecule has 0 amide bonds. The van der Waals surface area contributed by atoms with Crippen LogP contribution in [-0.4, -0.2) is 15.0 Å². The van der Waals surface area contributed by atoms with Gasteiger partial charge in [0.25, 0.3) is 0 Å². The molecule has 35 heavy (non-hydrogen) atoms. The fourth-order valence-electron chi connectivity index (χ4n) is 3.64. The average Bonchev–Trinajstić information content (AvgIpc) is 3.62. The first-order valence-electron chi connectivity index (χ1n) is 10.7. The van der Waals surface area contributed by atoms with Crippen molar-refractivity contribution in [1.29, 1.82) is 0 Å². The first-order chi connectivity index (χ1) is 17.2. The van der Waals surface area contributed by atoms with E-state index in [0.29, 0.717) is 0 Å². The predicted octanol–water partition coefficient (Wildman–Crippen LogP) is 9.92. The molecule has 3 aromatic heterocycles. The Morgan fingerprint density at radius 3 is 1.29 bits per heavy atom. The van der Waals surface area contributed by atoms with Gasteiger partial charge < -0.3 is 0 Å². The standard InChI is InChI=1S/C27H15Br2N3S3/c28-23-20(31-26(34-23)17-12-6-2-7-13-17)19-22(33-25(30-19)16-10-4-1-5-11-16)21-24(29)35-27(32-21)18-14-8-3-9-15-18/h1-15H. The third kappa shape index (κ3) is 4.57. The summed E-state index contributed by atoms with van der Waals surface area (Å²) in [5.74, 6) is 0. The Labute approximate surface area is 231 Å². The topological polar surface area (TPSA) is 38.7 Å². The van der Waals surface area contributed by atoms with Gasteiger partial charge in [-0.15, -0.1) is 34.0 Å². The molecule has 3 aromatic carbocycles. The van der Waals surface area contributed by atoms with E-state index in [1.165, 1.54) is 0 Å². The molecular formula is C27H15Br2N3S3. The maximum atomic E-state index is 5.09. The molecule has 6 aromatic rings. The van der Waals surface area contributed by atoms with Gasteiger partial charge >= 0.3 is 0 Å². The van der Waals surface area contributed by atoms with Crippen molar-refractivity contribution in [3.63, 3.8) is 0 Å². The lowest BCUT2D eigenvalue weighted by atomic mass is 10.2. The van der Waals surface area contributed by atoms with Gasteiger partial charge in [-0.3, -0.25) is 0 Å². The van der Waals surface area contributed by atoms with Gasteiger partial charge in [0.15, 0.2) is 0 Å². The van der Waals surface area contributed by atoms with Crippen molar-refractivity contribution in [3.8, 4) is 53.7 Å². The summed E-state index contributed by atoms with van der Waals surface area (Å²) in [4.78, 5) is 16.1. The molecule has 0 fully saturated rings. The quantitative estimate of drug-likeness (QED) is 0.189. The van der Waals surface area contributed by atoms with E-state index in [0.717, 1.165) is 61.2 Å². The lowest BCUT2D eigenvalue weighted by Crippen LogP contribution is -1.86. The summed E-state index contributed by atoms with van der Waals surface area (Å²) in [5, 5.41) is 2.86. The molecule has 6 rings (SSSR count). The monoisotopic (exact) mass is 635 g/mol. The molecular weight excluding hydrogens is 622 g/mol. The van der Waals surface area contributed by atoms with Gasteiger partial charge in [-0.2, -0.15) is 0 Å². The van der Waals surface area contributed by atoms with Crippen molar-refractivity contribution in [2.75, 3.05) is 0 Å². The summed E-state index contributed by atoms with van der Waals surface area (Å²) in [5.41, 5.74) is 5.83. The highest BCUT2D eigenvalue weighted by Gasteiger charge is 2.25. The molecule has 0 saturated carbocycles. The Balaban J connectivity index is 1.53. The SMILES string of the molecule is Brc1sc(-c2ccccc2)nc1-c1nc(-c2ccccc2)sc1-c1nc(-c2ccccc2)sc1Br. The first kappa shape index (κ1) is 22.9. The maximum absolute atomic E-state index is 5.09. The second-order valence-corrected chi connectivity index (χ2v) is 13.2. The Bertz CT molecular complexity index is 1510. The van der Waals surface area contributed by atoms with Gasteiger partial charge in [0.2, 0.25) is 0 Å². The molecule has 0 aliphatic rings. The van der Waals surface area contributed by atoms with Crippen LogP contribution in [0.2, 0.25) is 0 Å². The largest absolute Gasteiger partial charge is 0.234 e. The summed E-state index contributed by atoms with van der Waals surface area (Å²) >= 11 is 12.5. The van der Waals surface area contributed by atoms with Crippen LogP contribution in [0.25, 0.3) is 53.7 Å². The summed E-state index contributed by atoms with van der Waals surface area (Å²) in [6.45, 7) is 0. The zero-order valence-corrected chi connectivity index (χ0v) is 23.6. The number of rotatable bonds is 5. The van der Waals surface area contributed by atoms with Crippen LogP contribution >= 0.6 is 65.9 Å². The molecule has 0 unspecified atom stereocenters. The van der Waals surface area contributed by atoms with Crippen molar-refractivity contribution >= 4 is 65.9 Å². The average molecular weight is 637 g/mol. The van der Waals surface area contributed by atoms with Crippen molar-refractivity contribution in [2.45, 2.75) is 0 Å². The first-order valence-corrected chi connectivity index (χ1v) is 14.7. The van der Waals surface area contributed by atoms with Gasteiger partial charge in [0, 0.05) is 16.7 Å². The molecule has 3 heterocycles. The van der Waals surface area contributed by atoms with E-state index in [1.807, 2.05) is 54.6 Å². The molecule has 8 heteroatoms. The Hall–Kier alpha value is -2.49. The van der Waals surface area contributed by atoms with Crippen LogP contribution in [0.1, 0.15) is 0 Å². The molecule has 3 nitrogen and oxygen atoms in total. The lowest BCUT2D eigenvalue weighted by Gasteiger charge is -1.99. The van der Waals surface area contributed by atoms with E-state index >= 15 is 0 Å². The second-order valence-electron chi connectivity index (χ2n) is 7.58. The third-order valence-electron chi connectivity index (χ3n) is 5.30. The molecule has 0 N–H and O–H groups in total. The van der Waals surface area contributed by atoms with Crippen LogP contribution in [0, 0.1) is 0 Å². The molecule has 0 radical (unpaired) electrons. The van der Waals surface area contributed by atoms with E-state index in [1.54, 1.807) is 34.0 Å². The molecule has 0 saturated heterocycles. The van der Waals surface area contributed by atoms with E-state index in [9.17, 15) is 0 Å². The zero-order valence-electron chi connectivity index (χ0n) is 18.0. The smallest absolute Gasteiger partial charge is 0.125 e. The maximum Gasteiger partial charge on any atom is 0.125 e. The van der Waals surface area contributed by atoms with E-state index in [2.05, 4.69) is 68.3 Å². The fourth-order valence-corrected chi connectivity index (χ4v) is 7.99. The molecule has 0 spiro atoms. The number of hydrogen-bond acceptors (Lipinski definition) is 6. The Kier molecular flexibility index (Phi) is 6.47. The number of benzene rings is 3. The van der Waals surface area contributed by atoms with Gasteiger partial charge in [0.1, 0.15) is 32.1 Å². The van der Waals surface area contributed by atoms with Crippen molar-refractivity contribution in [1.82, 2.24) is 15.0 Å². The van der Waals surface area contributed by atoms with Crippen LogP contribution < -0.4 is 0 Å². The summed E-state index contributed by atoms with van der Waals surface area (Å²) in [6, 6.07) is 30.8. The highest BCUT2D eigenvalue weighted by atomic mass is 79.9. The number of nitrogens with zero attached hydrogens (tertiary/aromatic N) is 3. The predicted molar refractivity (Wildman–Crippen MR) is 156 cm³/mol. The van der Waals surface area contributed by atoms with Crippen LogP contribution in [0.15, 0.2) is 98.6 Å². The van der Waals surface area contributed by atoms with Gasteiger partial charge in [-0.1, -0.05) is 91.0 Å². The van der Waals surface area contributed by atoms with Crippen LogP contribution in [0.4, 0.5) is 0 Å². The minimum Gasteiger partial charge on any atom is -0.234 e. The van der Waals surface area contributed by atoms with Crippen LogP contribution in [0.3, 0.4) is 0 Å². The highest BCUT2D eigenvalue weighted by molar-refractivity contribution is 9.11. The van der Waals surface area contributed by atoms with Gasteiger partial charge in [-0.05, 0) is 31.9 Å². The third-order valence-corrected chi connectivity index (χ3v) is 9.92. The number of aromatic nitrogens is 3. The normalized spacial score (nSPS) is 11.1. The number of hydrogen-bond donors (Lipinski definition) is 0. The lowest BCUT2D eigenvalue weighted by molar-refractivity contribution is 1.31. The molecule has 0 aliphatic heterocycles. The van der Waals surface area contributed by atoms with Crippen LogP contribution in [-0.2, 0) is 0 Å². The van der Waals surface area contributed by atoms with Gasteiger partial charge in [-0.25, -0.2) is 15.0 Å².